The number of aryl methyl sites for hydroxylation is 1. The van der Waals surface area contributed by atoms with Crippen molar-refractivity contribution in [3.8, 4) is 0 Å². The minimum absolute atomic E-state index is 0.240. The van der Waals surface area contributed by atoms with Gasteiger partial charge in [-0.2, -0.15) is 0 Å². The molecule has 0 spiro atoms. The first-order valence-electron chi connectivity index (χ1n) is 4.66. The predicted molar refractivity (Wildman–Crippen MR) is 59.0 cm³/mol. The molecule has 78 valence electrons. The van der Waals surface area contributed by atoms with Gasteiger partial charge >= 0.3 is 0 Å². The first kappa shape index (κ1) is 10.3. The van der Waals surface area contributed by atoms with Crippen LogP contribution < -0.4 is 0 Å². The van der Waals surface area contributed by atoms with Crippen LogP contribution >= 0.6 is 11.6 Å². The van der Waals surface area contributed by atoms with Gasteiger partial charge in [0.05, 0.1) is 6.26 Å². The lowest BCUT2D eigenvalue weighted by Crippen LogP contribution is -1.98. The normalized spacial score (nSPS) is 12.7. The van der Waals surface area contributed by atoms with Crippen LogP contribution in [-0.2, 0) is 0 Å². The van der Waals surface area contributed by atoms with Gasteiger partial charge in [0.25, 0.3) is 0 Å². The van der Waals surface area contributed by atoms with Crippen LogP contribution in [0.3, 0.4) is 0 Å². The Morgan fingerprint density at radius 1 is 1.33 bits per heavy atom. The second-order valence-corrected chi connectivity index (χ2v) is 3.81. The maximum absolute atomic E-state index is 10.0. The summed E-state index contributed by atoms with van der Waals surface area (Å²) in [5, 5.41) is 10.3. The summed E-state index contributed by atoms with van der Waals surface area (Å²) in [6.45, 7) is 1.98. The third-order valence-corrected chi connectivity index (χ3v) is 2.61. The van der Waals surface area contributed by atoms with Crippen LogP contribution in [0.1, 0.15) is 22.8 Å². The molecule has 0 saturated carbocycles. The lowest BCUT2D eigenvalue weighted by Gasteiger charge is -2.09. The molecule has 1 atom stereocenters. The summed E-state index contributed by atoms with van der Waals surface area (Å²) >= 11 is 5.80. The van der Waals surface area contributed by atoms with Crippen LogP contribution in [0, 0.1) is 6.92 Å². The molecule has 15 heavy (non-hydrogen) atoms. The van der Waals surface area contributed by atoms with E-state index in [1.54, 1.807) is 6.07 Å². The van der Waals surface area contributed by atoms with E-state index in [1.165, 1.54) is 6.26 Å². The van der Waals surface area contributed by atoms with Crippen molar-refractivity contribution in [3.05, 3.63) is 58.5 Å². The van der Waals surface area contributed by atoms with Crippen LogP contribution in [-0.4, -0.2) is 5.11 Å². The molecule has 1 aromatic carbocycles. The molecule has 0 bridgehead atoms. The summed E-state index contributed by atoms with van der Waals surface area (Å²) in [5.41, 5.74) is 2.52. The fourth-order valence-electron chi connectivity index (χ4n) is 1.52. The number of hydrogen-bond acceptors (Lipinski definition) is 2. The molecule has 2 aromatic rings. The molecule has 1 aromatic heterocycles. The van der Waals surface area contributed by atoms with Gasteiger partial charge in [-0.15, -0.1) is 0 Å². The molecule has 0 fully saturated rings. The van der Waals surface area contributed by atoms with Crippen LogP contribution in [0.5, 0.6) is 0 Å². The Kier molecular flexibility index (Phi) is 2.80. The van der Waals surface area contributed by atoms with Crippen molar-refractivity contribution in [2.24, 2.45) is 0 Å². The van der Waals surface area contributed by atoms with E-state index in [0.717, 1.165) is 11.1 Å². The third kappa shape index (κ3) is 2.06. The highest BCUT2D eigenvalue weighted by Gasteiger charge is 2.15. The largest absolute Gasteiger partial charge is 0.453 e. The molecule has 0 aliphatic carbocycles. The zero-order chi connectivity index (χ0) is 10.8. The summed E-state index contributed by atoms with van der Waals surface area (Å²) in [6, 6.07) is 9.35. The molecule has 1 unspecified atom stereocenters. The van der Waals surface area contributed by atoms with Gasteiger partial charge < -0.3 is 9.52 Å². The van der Waals surface area contributed by atoms with Gasteiger partial charge in [-0.3, -0.25) is 0 Å². The Morgan fingerprint density at radius 2 is 2.13 bits per heavy atom. The number of furan rings is 1. The molecule has 1 N–H and O–H groups in total. The van der Waals surface area contributed by atoms with E-state index in [2.05, 4.69) is 0 Å². The Balaban J connectivity index is 2.36. The van der Waals surface area contributed by atoms with Gasteiger partial charge in [-0.25, -0.2) is 0 Å². The van der Waals surface area contributed by atoms with Crippen molar-refractivity contribution < 1.29 is 9.52 Å². The first-order valence-corrected chi connectivity index (χ1v) is 5.04. The highest BCUT2D eigenvalue weighted by Crippen LogP contribution is 2.29. The SMILES string of the molecule is Cc1cccc(C(O)c2ccoc2Cl)c1. The minimum atomic E-state index is -0.726. The van der Waals surface area contributed by atoms with E-state index in [4.69, 9.17) is 16.0 Å². The van der Waals surface area contributed by atoms with Crippen LogP contribution in [0.15, 0.2) is 41.0 Å². The Labute approximate surface area is 93.1 Å². The van der Waals surface area contributed by atoms with E-state index in [9.17, 15) is 5.11 Å². The van der Waals surface area contributed by atoms with Crippen LogP contribution in [0.25, 0.3) is 0 Å². The van der Waals surface area contributed by atoms with E-state index in [1.807, 2.05) is 31.2 Å². The topological polar surface area (TPSA) is 33.4 Å². The van der Waals surface area contributed by atoms with Crippen molar-refractivity contribution in [1.29, 1.82) is 0 Å². The Morgan fingerprint density at radius 3 is 2.73 bits per heavy atom. The van der Waals surface area contributed by atoms with E-state index >= 15 is 0 Å². The van der Waals surface area contributed by atoms with Crippen molar-refractivity contribution >= 4 is 11.6 Å². The summed E-state index contributed by atoms with van der Waals surface area (Å²) in [4.78, 5) is 0. The Hall–Kier alpha value is -1.25. The molecule has 1 heterocycles. The summed E-state index contributed by atoms with van der Waals surface area (Å²) in [5.74, 6) is 0. The summed E-state index contributed by atoms with van der Waals surface area (Å²) < 4.78 is 4.94. The van der Waals surface area contributed by atoms with E-state index in [-0.39, 0.29) is 5.22 Å². The maximum atomic E-state index is 10.0. The second-order valence-electron chi connectivity index (χ2n) is 3.47. The third-order valence-electron chi connectivity index (χ3n) is 2.30. The predicted octanol–water partition coefficient (Wildman–Crippen LogP) is 3.32. The van der Waals surface area contributed by atoms with Gasteiger partial charge in [-0.1, -0.05) is 29.8 Å². The molecule has 0 radical (unpaired) electrons. The molecule has 2 rings (SSSR count). The van der Waals surface area contributed by atoms with Gasteiger partial charge in [-0.05, 0) is 30.2 Å². The van der Waals surface area contributed by atoms with Gasteiger partial charge in [0.1, 0.15) is 6.10 Å². The average Bonchev–Trinajstić information content (AvgIpc) is 2.63. The number of hydrogen-bond donors (Lipinski definition) is 1. The molecular weight excluding hydrogens is 212 g/mol. The highest BCUT2D eigenvalue weighted by molar-refractivity contribution is 6.29. The second kappa shape index (κ2) is 4.09. The van der Waals surface area contributed by atoms with Gasteiger partial charge in [0.15, 0.2) is 5.22 Å². The zero-order valence-corrected chi connectivity index (χ0v) is 9.03. The lowest BCUT2D eigenvalue weighted by molar-refractivity contribution is 0.219. The quantitative estimate of drug-likeness (QED) is 0.846. The van der Waals surface area contributed by atoms with Crippen molar-refractivity contribution in [3.63, 3.8) is 0 Å². The summed E-state index contributed by atoms with van der Waals surface area (Å²) in [7, 11) is 0. The maximum Gasteiger partial charge on any atom is 0.199 e. The molecule has 3 heteroatoms. The number of aliphatic hydroxyl groups excluding tert-OH is 1. The highest BCUT2D eigenvalue weighted by atomic mass is 35.5. The zero-order valence-electron chi connectivity index (χ0n) is 8.27. The fraction of sp³-hybridized carbons (Fsp3) is 0.167. The van der Waals surface area contributed by atoms with Crippen LogP contribution in [0.4, 0.5) is 0 Å². The minimum Gasteiger partial charge on any atom is -0.453 e. The van der Waals surface area contributed by atoms with E-state index in [0.29, 0.717) is 5.56 Å². The number of rotatable bonds is 2. The van der Waals surface area contributed by atoms with Crippen molar-refractivity contribution in [2.45, 2.75) is 13.0 Å². The van der Waals surface area contributed by atoms with E-state index < -0.39 is 6.10 Å². The molecule has 2 nitrogen and oxygen atoms in total. The van der Waals surface area contributed by atoms with Crippen LogP contribution in [0.2, 0.25) is 5.22 Å². The fourth-order valence-corrected chi connectivity index (χ4v) is 1.74. The number of aliphatic hydroxyl groups is 1. The monoisotopic (exact) mass is 222 g/mol. The lowest BCUT2D eigenvalue weighted by atomic mass is 10.0. The van der Waals surface area contributed by atoms with Crippen molar-refractivity contribution in [2.75, 3.05) is 0 Å². The number of benzene rings is 1. The molecule has 0 aliphatic rings. The number of halogens is 1. The van der Waals surface area contributed by atoms with Gasteiger partial charge in [0, 0.05) is 5.56 Å². The molecule has 0 aliphatic heterocycles. The molecular formula is C12H11ClO2. The standard InChI is InChI=1S/C12H11ClO2/c1-8-3-2-4-9(7-8)11(14)10-5-6-15-12(10)13/h2-7,11,14H,1H3. The molecule has 0 saturated heterocycles. The Bertz CT molecular complexity index is 462. The molecule has 0 amide bonds. The van der Waals surface area contributed by atoms with Crippen molar-refractivity contribution in [1.82, 2.24) is 0 Å². The summed E-state index contributed by atoms with van der Waals surface area (Å²) in [6.07, 6.45) is 0.743. The smallest absolute Gasteiger partial charge is 0.199 e. The first-order chi connectivity index (χ1) is 7.18. The average molecular weight is 223 g/mol. The van der Waals surface area contributed by atoms with Gasteiger partial charge in [0.2, 0.25) is 0 Å².